The molecule has 180 valence electrons. The number of nitrogens with one attached hydrogen (secondary N) is 4. The van der Waals surface area contributed by atoms with Gasteiger partial charge in [0.25, 0.3) is 10.2 Å². The van der Waals surface area contributed by atoms with Crippen molar-refractivity contribution in [1.82, 2.24) is 25.6 Å². The van der Waals surface area contributed by atoms with Gasteiger partial charge in [0.15, 0.2) is 0 Å². The first-order valence-electron chi connectivity index (χ1n) is 10.4. The largest absolute Gasteiger partial charge is 0.477 e. The molecule has 0 aliphatic carbocycles. The second-order valence-electron chi connectivity index (χ2n) is 8.39. The van der Waals surface area contributed by atoms with E-state index in [1.54, 1.807) is 14.0 Å². The van der Waals surface area contributed by atoms with E-state index in [9.17, 15) is 27.9 Å². The lowest BCUT2D eigenvalue weighted by molar-refractivity contribution is -0.158. The highest BCUT2D eigenvalue weighted by atomic mass is 32.2. The first-order chi connectivity index (χ1) is 14.9. The molecule has 0 bridgehead atoms. The maximum atomic E-state index is 12.9. The summed E-state index contributed by atoms with van der Waals surface area (Å²) in [7, 11) is -2.13. The van der Waals surface area contributed by atoms with Crippen molar-refractivity contribution in [2.24, 2.45) is 17.0 Å². The highest BCUT2D eigenvalue weighted by Gasteiger charge is 2.60. The van der Waals surface area contributed by atoms with E-state index >= 15 is 0 Å². The molecule has 3 heterocycles. The minimum atomic E-state index is -3.78. The molecular formula is C18H30N6O6S2. The van der Waals surface area contributed by atoms with E-state index in [1.165, 1.54) is 16.7 Å². The molecule has 32 heavy (non-hydrogen) atoms. The summed E-state index contributed by atoms with van der Waals surface area (Å²) in [6.07, 6.45) is 0.620. The van der Waals surface area contributed by atoms with E-state index in [2.05, 4.69) is 20.7 Å². The minimum absolute atomic E-state index is 0.00797. The first kappa shape index (κ1) is 24.9. The number of thioether (sulfide) groups is 1. The number of carbonyl (C=O) groups excluding carboxylic acids is 2. The summed E-state index contributed by atoms with van der Waals surface area (Å²) in [5, 5.41) is 23.6. The van der Waals surface area contributed by atoms with Crippen LogP contribution >= 0.6 is 11.8 Å². The van der Waals surface area contributed by atoms with E-state index in [4.69, 9.17) is 5.14 Å². The third kappa shape index (κ3) is 5.10. The zero-order valence-corrected chi connectivity index (χ0v) is 19.8. The molecule has 3 aliphatic heterocycles. The van der Waals surface area contributed by atoms with Gasteiger partial charge in [-0.05, 0) is 20.4 Å². The van der Waals surface area contributed by atoms with Crippen LogP contribution in [0.3, 0.4) is 0 Å². The maximum absolute atomic E-state index is 12.9. The molecule has 0 aromatic carbocycles. The zero-order valence-electron chi connectivity index (χ0n) is 18.1. The van der Waals surface area contributed by atoms with Crippen LogP contribution in [0.25, 0.3) is 0 Å². The van der Waals surface area contributed by atoms with Crippen LogP contribution in [0.4, 0.5) is 0 Å². The molecule has 0 radical (unpaired) electrons. The SMILES string of the molecule is CNCC(=O)N[C@H](C)[C@H]1C(=O)N2C(C(=O)O)=C(S[C@@H]3CN[C@H](CNS(N)(=O)=O)C3)[C@H](C)[C@H]12. The molecule has 2 fully saturated rings. The number of amides is 2. The minimum Gasteiger partial charge on any atom is -0.477 e. The van der Waals surface area contributed by atoms with E-state index in [0.29, 0.717) is 17.9 Å². The number of nitrogens with zero attached hydrogens (tertiary/aromatic N) is 1. The first-order valence-corrected chi connectivity index (χ1v) is 12.8. The number of hydrogen-bond acceptors (Lipinski definition) is 8. The van der Waals surface area contributed by atoms with E-state index in [1.807, 2.05) is 6.92 Å². The Labute approximate surface area is 191 Å². The predicted octanol–water partition coefficient (Wildman–Crippen LogP) is -2.26. The number of carbonyl (C=O) groups is 3. The van der Waals surface area contributed by atoms with Gasteiger partial charge in [-0.2, -0.15) is 8.42 Å². The van der Waals surface area contributed by atoms with Crippen molar-refractivity contribution < 1.29 is 27.9 Å². The average molecular weight is 491 g/mol. The molecule has 2 saturated heterocycles. The quantitative estimate of drug-likeness (QED) is 0.184. The fraction of sp³-hybridized carbons (Fsp3) is 0.722. The highest BCUT2D eigenvalue weighted by molar-refractivity contribution is 8.03. The van der Waals surface area contributed by atoms with Crippen LogP contribution in [-0.2, 0) is 24.6 Å². The number of likely N-dealkylation sites (N-methyl/N-ethyl adjacent to an activating group) is 1. The Morgan fingerprint density at radius 3 is 2.69 bits per heavy atom. The summed E-state index contributed by atoms with van der Waals surface area (Å²) in [5.74, 6) is -2.37. The van der Waals surface area contributed by atoms with Gasteiger partial charge in [0.1, 0.15) is 5.70 Å². The Hall–Kier alpha value is -1.71. The molecule has 7 N–H and O–H groups in total. The molecular weight excluding hydrogens is 460 g/mol. The van der Waals surface area contributed by atoms with Crippen LogP contribution in [0.15, 0.2) is 10.6 Å². The fourth-order valence-corrected chi connectivity index (χ4v) is 6.63. The molecule has 3 rings (SSSR count). The molecule has 14 heteroatoms. The van der Waals surface area contributed by atoms with Crippen LogP contribution in [0, 0.1) is 11.8 Å². The van der Waals surface area contributed by atoms with Gasteiger partial charge in [0.05, 0.1) is 18.5 Å². The van der Waals surface area contributed by atoms with Crippen molar-refractivity contribution in [1.29, 1.82) is 0 Å². The predicted molar refractivity (Wildman–Crippen MR) is 118 cm³/mol. The Bertz CT molecular complexity index is 925. The number of nitrogens with two attached hydrogens (primary N) is 1. The number of aliphatic carboxylic acids is 1. The number of hydrogen-bond donors (Lipinski definition) is 6. The zero-order chi connectivity index (χ0) is 23.8. The summed E-state index contributed by atoms with van der Waals surface area (Å²) >= 11 is 1.42. The number of carboxylic acids is 1. The molecule has 0 spiro atoms. The molecule has 12 nitrogen and oxygen atoms in total. The molecule has 0 unspecified atom stereocenters. The number of rotatable bonds is 10. The van der Waals surface area contributed by atoms with Gasteiger partial charge in [0.2, 0.25) is 11.8 Å². The summed E-state index contributed by atoms with van der Waals surface area (Å²) in [6.45, 7) is 4.51. The topological polar surface area (TPSA) is 183 Å². The van der Waals surface area contributed by atoms with Crippen molar-refractivity contribution in [3.05, 3.63) is 10.6 Å². The van der Waals surface area contributed by atoms with Crippen molar-refractivity contribution in [2.45, 2.75) is 43.6 Å². The van der Waals surface area contributed by atoms with Crippen molar-refractivity contribution >= 4 is 39.8 Å². The molecule has 2 amide bonds. The summed E-state index contributed by atoms with van der Waals surface area (Å²) in [4.78, 5) is 38.8. The Balaban J connectivity index is 1.69. The average Bonchev–Trinajstić information content (AvgIpc) is 3.22. The van der Waals surface area contributed by atoms with Gasteiger partial charge in [-0.1, -0.05) is 6.92 Å². The lowest BCUT2D eigenvalue weighted by Gasteiger charge is -2.47. The van der Waals surface area contributed by atoms with E-state index < -0.39 is 28.1 Å². The van der Waals surface area contributed by atoms with Gasteiger partial charge in [-0.15, -0.1) is 11.8 Å². The second-order valence-corrected chi connectivity index (χ2v) is 11.1. The van der Waals surface area contributed by atoms with Gasteiger partial charge in [-0.3, -0.25) is 9.59 Å². The summed E-state index contributed by atoms with van der Waals surface area (Å²) in [6, 6.07) is -0.867. The standard InChI is InChI=1S/C18H30N6O6S2/c1-8-14-13(9(2)23-12(25)7-20-3)17(26)24(14)15(18(27)28)16(8)31-11-4-10(21-6-11)5-22-32(19,29)30/h8-11,13-14,20-22H,4-7H2,1-3H3,(H,23,25)(H,27,28)(H2,19,29,30)/t8-,9-,10+,11+,13-,14-/m1/s1. The highest BCUT2D eigenvalue weighted by Crippen LogP contribution is 2.51. The van der Waals surface area contributed by atoms with Crippen LogP contribution < -0.4 is 25.8 Å². The van der Waals surface area contributed by atoms with Crippen LogP contribution in [0.2, 0.25) is 0 Å². The van der Waals surface area contributed by atoms with E-state index in [0.717, 1.165) is 0 Å². The monoisotopic (exact) mass is 490 g/mol. The summed E-state index contributed by atoms with van der Waals surface area (Å²) in [5.41, 5.74) is 0.00797. The van der Waals surface area contributed by atoms with E-state index in [-0.39, 0.29) is 53.9 Å². The fourth-order valence-electron chi connectivity index (χ4n) is 4.68. The Morgan fingerprint density at radius 2 is 2.09 bits per heavy atom. The second kappa shape index (κ2) is 9.65. The number of β-lactam (4-membered cyclic amide) rings is 1. The molecule has 6 atom stereocenters. The molecule has 3 aliphatic rings. The molecule has 0 aromatic rings. The third-order valence-corrected chi connectivity index (χ3v) is 8.14. The summed E-state index contributed by atoms with van der Waals surface area (Å²) < 4.78 is 24.5. The van der Waals surface area contributed by atoms with Crippen molar-refractivity contribution in [3.63, 3.8) is 0 Å². The van der Waals surface area contributed by atoms with Crippen LogP contribution in [0.5, 0.6) is 0 Å². The number of carboxylic acid groups (broad SMARTS) is 1. The third-order valence-electron chi connectivity index (χ3n) is 6.06. The van der Waals surface area contributed by atoms with Crippen LogP contribution in [0.1, 0.15) is 20.3 Å². The number of fused-ring (bicyclic) bond motifs is 1. The Kier molecular flexibility index (Phi) is 7.51. The van der Waals surface area contributed by atoms with Gasteiger partial charge in [0, 0.05) is 41.2 Å². The molecule has 0 aromatic heterocycles. The van der Waals surface area contributed by atoms with Gasteiger partial charge >= 0.3 is 5.97 Å². The van der Waals surface area contributed by atoms with Gasteiger partial charge in [-0.25, -0.2) is 14.7 Å². The van der Waals surface area contributed by atoms with Crippen molar-refractivity contribution in [2.75, 3.05) is 26.7 Å². The molecule has 0 saturated carbocycles. The Morgan fingerprint density at radius 1 is 1.41 bits per heavy atom. The lowest BCUT2D eigenvalue weighted by Crippen LogP contribution is -2.66. The van der Waals surface area contributed by atoms with Crippen LogP contribution in [-0.4, -0.2) is 86.3 Å². The maximum Gasteiger partial charge on any atom is 0.353 e. The normalized spacial score (nSPS) is 30.8. The smallest absolute Gasteiger partial charge is 0.353 e. The lowest BCUT2D eigenvalue weighted by atomic mass is 9.78. The van der Waals surface area contributed by atoms with Crippen molar-refractivity contribution in [3.8, 4) is 0 Å². The van der Waals surface area contributed by atoms with Gasteiger partial charge < -0.3 is 26.0 Å².